The minimum atomic E-state index is -0.244. The summed E-state index contributed by atoms with van der Waals surface area (Å²) in [6, 6.07) is 3.40. The van der Waals surface area contributed by atoms with Crippen molar-refractivity contribution in [2.24, 2.45) is 0 Å². The van der Waals surface area contributed by atoms with Gasteiger partial charge in [0.2, 0.25) is 0 Å². The third-order valence-corrected chi connectivity index (χ3v) is 2.74. The van der Waals surface area contributed by atoms with Crippen LogP contribution in [0.5, 0.6) is 0 Å². The van der Waals surface area contributed by atoms with Gasteiger partial charge in [0.25, 0.3) is 5.91 Å². The number of aromatic amines is 1. The molecular weight excluding hydrogens is 230 g/mol. The molecule has 0 saturated heterocycles. The van der Waals surface area contributed by atoms with Crippen molar-refractivity contribution in [2.75, 3.05) is 5.32 Å². The van der Waals surface area contributed by atoms with Crippen molar-refractivity contribution in [2.45, 2.75) is 0 Å². The van der Waals surface area contributed by atoms with Crippen LogP contribution in [0.3, 0.4) is 0 Å². The summed E-state index contributed by atoms with van der Waals surface area (Å²) < 4.78 is 0.423. The molecule has 0 bridgehead atoms. The number of carbonyl (C=O) groups is 1. The first-order valence-electron chi connectivity index (χ1n) is 4.16. The van der Waals surface area contributed by atoms with Crippen molar-refractivity contribution >= 4 is 34.6 Å². The van der Waals surface area contributed by atoms with E-state index in [1.54, 1.807) is 29.9 Å². The Morgan fingerprint density at radius 1 is 1.60 bits per heavy atom. The third kappa shape index (κ3) is 2.28. The van der Waals surface area contributed by atoms with Crippen molar-refractivity contribution in [3.63, 3.8) is 0 Å². The lowest BCUT2D eigenvalue weighted by Gasteiger charge is -2.00. The first kappa shape index (κ1) is 10.0. The van der Waals surface area contributed by atoms with Gasteiger partial charge in [-0.3, -0.25) is 10.1 Å². The molecular formula is C9H7N3OS2. The van der Waals surface area contributed by atoms with Crippen LogP contribution in [0.2, 0.25) is 0 Å². The molecule has 15 heavy (non-hydrogen) atoms. The maximum absolute atomic E-state index is 11.7. The highest BCUT2D eigenvalue weighted by Crippen LogP contribution is 2.12. The second kappa shape index (κ2) is 4.33. The molecule has 0 atom stereocenters. The quantitative estimate of drug-likeness (QED) is 0.789. The monoisotopic (exact) mass is 237 g/mol. The van der Waals surface area contributed by atoms with Crippen molar-refractivity contribution < 1.29 is 4.79 Å². The van der Waals surface area contributed by atoms with Crippen molar-refractivity contribution in [3.8, 4) is 0 Å². The Hall–Kier alpha value is -1.53. The van der Waals surface area contributed by atoms with Crippen molar-refractivity contribution in [1.82, 2.24) is 9.97 Å². The number of H-pyrrole nitrogens is 1. The third-order valence-electron chi connectivity index (χ3n) is 1.72. The highest BCUT2D eigenvalue weighted by atomic mass is 32.1. The Balaban J connectivity index is 2.23. The lowest BCUT2D eigenvalue weighted by molar-refractivity contribution is 0.102. The summed E-state index contributed by atoms with van der Waals surface area (Å²) in [6.45, 7) is 0. The minimum Gasteiger partial charge on any atom is -0.352 e. The van der Waals surface area contributed by atoms with Gasteiger partial charge in [-0.05, 0) is 12.1 Å². The molecule has 2 heterocycles. The molecule has 0 spiro atoms. The van der Waals surface area contributed by atoms with Gasteiger partial charge in [-0.1, -0.05) is 12.2 Å². The molecule has 2 N–H and O–H groups in total. The van der Waals surface area contributed by atoms with Gasteiger partial charge < -0.3 is 4.98 Å². The number of rotatable bonds is 2. The number of nitrogens with one attached hydrogen (secondary N) is 2. The van der Waals surface area contributed by atoms with E-state index >= 15 is 0 Å². The Morgan fingerprint density at radius 3 is 3.13 bits per heavy atom. The summed E-state index contributed by atoms with van der Waals surface area (Å²) in [4.78, 5) is 18.5. The van der Waals surface area contributed by atoms with E-state index in [9.17, 15) is 4.79 Å². The van der Waals surface area contributed by atoms with Crippen LogP contribution >= 0.6 is 23.6 Å². The number of anilines is 1. The van der Waals surface area contributed by atoms with Gasteiger partial charge in [0.15, 0.2) is 5.13 Å². The maximum Gasteiger partial charge on any atom is 0.260 e. The molecule has 0 aliphatic carbocycles. The van der Waals surface area contributed by atoms with Gasteiger partial charge in [-0.15, -0.1) is 11.3 Å². The topological polar surface area (TPSA) is 57.8 Å². The Morgan fingerprint density at radius 2 is 2.47 bits per heavy atom. The SMILES string of the molecule is O=C(Nc1nccs1)c1ccc[nH]c1=S. The zero-order valence-electron chi connectivity index (χ0n) is 7.56. The van der Waals surface area contributed by atoms with Crippen LogP contribution in [0.1, 0.15) is 10.4 Å². The highest BCUT2D eigenvalue weighted by molar-refractivity contribution is 7.71. The van der Waals surface area contributed by atoms with E-state index in [1.165, 1.54) is 11.3 Å². The average molecular weight is 237 g/mol. The number of carbonyl (C=O) groups excluding carboxylic acids is 1. The predicted molar refractivity (Wildman–Crippen MR) is 61.7 cm³/mol. The Bertz CT molecular complexity index is 518. The van der Waals surface area contributed by atoms with E-state index in [1.807, 2.05) is 0 Å². The molecule has 2 aromatic rings. The van der Waals surface area contributed by atoms with Crippen LogP contribution in [-0.2, 0) is 0 Å². The molecule has 4 nitrogen and oxygen atoms in total. The van der Waals surface area contributed by atoms with Crippen LogP contribution in [0.4, 0.5) is 5.13 Å². The second-order valence-corrected chi connectivity index (χ2v) is 4.01. The predicted octanol–water partition coefficient (Wildman–Crippen LogP) is 2.45. The zero-order valence-corrected chi connectivity index (χ0v) is 9.19. The summed E-state index contributed by atoms with van der Waals surface area (Å²) in [5.74, 6) is -0.244. The van der Waals surface area contributed by atoms with Crippen molar-refractivity contribution in [3.05, 3.63) is 40.1 Å². The first-order valence-corrected chi connectivity index (χ1v) is 5.45. The number of hydrogen-bond acceptors (Lipinski definition) is 4. The smallest absolute Gasteiger partial charge is 0.260 e. The molecule has 0 aliphatic rings. The summed E-state index contributed by atoms with van der Waals surface area (Å²) in [6.07, 6.45) is 3.31. The Labute approximate surface area is 95.0 Å². The van der Waals surface area contributed by atoms with Crippen LogP contribution in [-0.4, -0.2) is 15.9 Å². The Kier molecular flexibility index (Phi) is 2.89. The molecule has 6 heteroatoms. The molecule has 0 aliphatic heterocycles. The van der Waals surface area contributed by atoms with Gasteiger partial charge in [0.1, 0.15) is 4.64 Å². The van der Waals surface area contributed by atoms with Crippen LogP contribution < -0.4 is 5.32 Å². The number of thiazole rings is 1. The summed E-state index contributed by atoms with van der Waals surface area (Å²) in [7, 11) is 0. The lowest BCUT2D eigenvalue weighted by Crippen LogP contribution is -2.12. The van der Waals surface area contributed by atoms with Crippen LogP contribution in [0, 0.1) is 4.64 Å². The van der Waals surface area contributed by atoms with Gasteiger partial charge in [-0.2, -0.15) is 0 Å². The van der Waals surface area contributed by atoms with Gasteiger partial charge in [0.05, 0.1) is 5.56 Å². The van der Waals surface area contributed by atoms with E-state index < -0.39 is 0 Å². The maximum atomic E-state index is 11.7. The minimum absolute atomic E-state index is 0.244. The molecule has 0 aromatic carbocycles. The van der Waals surface area contributed by atoms with E-state index in [0.717, 1.165) is 0 Å². The molecule has 2 aromatic heterocycles. The molecule has 0 radical (unpaired) electrons. The zero-order chi connectivity index (χ0) is 10.7. The fourth-order valence-corrected chi connectivity index (χ4v) is 1.80. The van der Waals surface area contributed by atoms with E-state index in [4.69, 9.17) is 12.2 Å². The van der Waals surface area contributed by atoms with Crippen LogP contribution in [0.15, 0.2) is 29.9 Å². The van der Waals surface area contributed by atoms with Crippen molar-refractivity contribution in [1.29, 1.82) is 0 Å². The average Bonchev–Trinajstić information content (AvgIpc) is 2.71. The van der Waals surface area contributed by atoms with Gasteiger partial charge in [0, 0.05) is 17.8 Å². The van der Waals surface area contributed by atoms with Crippen LogP contribution in [0.25, 0.3) is 0 Å². The molecule has 0 fully saturated rings. The molecule has 0 unspecified atom stereocenters. The number of nitrogens with zero attached hydrogens (tertiary/aromatic N) is 1. The summed E-state index contributed by atoms with van der Waals surface area (Å²) >= 11 is 6.36. The standard InChI is InChI=1S/C9H7N3OS2/c13-7(12-9-11-4-5-15-9)6-2-1-3-10-8(6)14/h1-5H,(H,10,14)(H,11,12,13). The van der Waals surface area contributed by atoms with E-state index in [0.29, 0.717) is 15.3 Å². The molecule has 76 valence electrons. The molecule has 1 amide bonds. The largest absolute Gasteiger partial charge is 0.352 e. The number of amides is 1. The number of pyridine rings is 1. The second-order valence-electron chi connectivity index (χ2n) is 2.70. The highest BCUT2D eigenvalue weighted by Gasteiger charge is 2.08. The fraction of sp³-hybridized carbons (Fsp3) is 0. The van der Waals surface area contributed by atoms with E-state index in [2.05, 4.69) is 15.3 Å². The molecule has 2 rings (SSSR count). The molecule has 0 saturated carbocycles. The summed E-state index contributed by atoms with van der Waals surface area (Å²) in [5, 5.41) is 5.02. The number of aromatic nitrogens is 2. The van der Waals surface area contributed by atoms with Gasteiger partial charge in [-0.25, -0.2) is 4.98 Å². The fourth-order valence-electron chi connectivity index (χ4n) is 1.05. The summed E-state index contributed by atoms with van der Waals surface area (Å²) in [5.41, 5.74) is 0.447. The van der Waals surface area contributed by atoms with Gasteiger partial charge >= 0.3 is 0 Å². The normalized spacial score (nSPS) is 9.87. The number of hydrogen-bond donors (Lipinski definition) is 2. The lowest BCUT2D eigenvalue weighted by atomic mass is 10.3. The van der Waals surface area contributed by atoms with E-state index in [-0.39, 0.29) is 5.91 Å². The first-order chi connectivity index (χ1) is 7.27.